The molecule has 1 aromatic carbocycles. The van der Waals surface area contributed by atoms with Crippen LogP contribution in [0, 0.1) is 17.7 Å². The largest absolute Gasteiger partial charge is 0.362 e. The Morgan fingerprint density at radius 1 is 1.37 bits per heavy atom. The van der Waals surface area contributed by atoms with E-state index in [0.29, 0.717) is 12.5 Å². The summed E-state index contributed by atoms with van der Waals surface area (Å²) in [7, 11) is 0. The van der Waals surface area contributed by atoms with Crippen molar-refractivity contribution in [3.05, 3.63) is 30.1 Å². The van der Waals surface area contributed by atoms with E-state index in [1.807, 2.05) is 12.1 Å². The first-order valence-electron chi connectivity index (χ1n) is 7.43. The smallest absolute Gasteiger partial charge is 0.146 e. The second kappa shape index (κ2) is 4.78. The van der Waals surface area contributed by atoms with Gasteiger partial charge >= 0.3 is 0 Å². The summed E-state index contributed by atoms with van der Waals surface area (Å²) in [5.41, 5.74) is 6.87. The Hall–Kier alpha value is -1.09. The van der Waals surface area contributed by atoms with Gasteiger partial charge in [-0.15, -0.1) is 0 Å². The second-order valence-corrected chi connectivity index (χ2v) is 6.08. The molecule has 3 heteroatoms. The van der Waals surface area contributed by atoms with Gasteiger partial charge in [0.1, 0.15) is 5.82 Å². The zero-order valence-electron chi connectivity index (χ0n) is 11.6. The highest BCUT2D eigenvalue weighted by Crippen LogP contribution is 2.54. The summed E-state index contributed by atoms with van der Waals surface area (Å²) in [6.07, 6.45) is 5.01. The maximum atomic E-state index is 14.1. The molecule has 2 aliphatic carbocycles. The van der Waals surface area contributed by atoms with Crippen molar-refractivity contribution in [3.8, 4) is 0 Å². The first kappa shape index (κ1) is 12.9. The summed E-state index contributed by atoms with van der Waals surface area (Å²) in [6.45, 7) is 3.56. The van der Waals surface area contributed by atoms with Gasteiger partial charge in [-0.25, -0.2) is 4.39 Å². The minimum Gasteiger partial charge on any atom is -0.362 e. The molecule has 0 heterocycles. The Bertz CT molecular complexity index is 462. The Balaban J connectivity index is 1.99. The van der Waals surface area contributed by atoms with E-state index < -0.39 is 0 Å². The highest BCUT2D eigenvalue weighted by atomic mass is 19.1. The van der Waals surface area contributed by atoms with Gasteiger partial charge in [-0.3, -0.25) is 0 Å². The summed E-state index contributed by atoms with van der Waals surface area (Å²) in [4.78, 5) is 2.24. The van der Waals surface area contributed by atoms with Crippen LogP contribution in [0.4, 0.5) is 10.1 Å². The molecule has 0 amide bonds. The Morgan fingerprint density at radius 2 is 2.16 bits per heavy atom. The number of rotatable bonds is 4. The first-order valence-corrected chi connectivity index (χ1v) is 7.43. The molecule has 2 fully saturated rings. The second-order valence-electron chi connectivity index (χ2n) is 6.08. The number of likely N-dealkylation sites (N-methyl/N-ethyl adjacent to an activating group) is 1. The van der Waals surface area contributed by atoms with Gasteiger partial charge in [0, 0.05) is 13.1 Å². The van der Waals surface area contributed by atoms with E-state index in [1.165, 1.54) is 19.3 Å². The number of fused-ring (bicyclic) bond motifs is 2. The van der Waals surface area contributed by atoms with Crippen molar-refractivity contribution in [1.82, 2.24) is 0 Å². The third-order valence-electron chi connectivity index (χ3n) is 5.29. The van der Waals surface area contributed by atoms with Gasteiger partial charge < -0.3 is 10.6 Å². The van der Waals surface area contributed by atoms with Crippen LogP contribution in [0.5, 0.6) is 0 Å². The summed E-state index contributed by atoms with van der Waals surface area (Å²) in [5.74, 6) is 1.32. The zero-order chi connectivity index (χ0) is 13.5. The maximum absolute atomic E-state index is 14.1. The lowest BCUT2D eigenvalue weighted by Gasteiger charge is -2.47. The van der Waals surface area contributed by atoms with Crippen molar-refractivity contribution in [2.24, 2.45) is 17.6 Å². The molecule has 2 saturated carbocycles. The summed E-state index contributed by atoms with van der Waals surface area (Å²) >= 11 is 0. The zero-order valence-corrected chi connectivity index (χ0v) is 11.6. The van der Waals surface area contributed by atoms with Crippen LogP contribution < -0.4 is 10.6 Å². The quantitative estimate of drug-likeness (QED) is 0.903. The number of para-hydroxylation sites is 1. The minimum absolute atomic E-state index is 0.0140. The summed E-state index contributed by atoms with van der Waals surface area (Å²) in [5, 5.41) is 0. The van der Waals surface area contributed by atoms with Crippen molar-refractivity contribution in [1.29, 1.82) is 0 Å². The number of anilines is 1. The lowest BCUT2D eigenvalue weighted by atomic mass is 9.79. The van der Waals surface area contributed by atoms with E-state index in [0.717, 1.165) is 24.6 Å². The summed E-state index contributed by atoms with van der Waals surface area (Å²) in [6, 6.07) is 7.11. The molecule has 0 saturated heterocycles. The van der Waals surface area contributed by atoms with Crippen LogP contribution in [0.3, 0.4) is 0 Å². The number of halogens is 1. The SMILES string of the molecule is CCN(c1ccccc1F)C1(CN)CC2CCC1C2. The average molecular weight is 262 g/mol. The molecule has 2 aliphatic rings. The van der Waals surface area contributed by atoms with Crippen molar-refractivity contribution in [2.75, 3.05) is 18.0 Å². The van der Waals surface area contributed by atoms with Gasteiger partial charge in [-0.05, 0) is 56.6 Å². The fourth-order valence-corrected chi connectivity index (χ4v) is 4.50. The standard InChI is InChI=1S/C16H23FN2/c1-2-19(15-6-4-3-5-14(15)17)16(11-18)10-12-7-8-13(16)9-12/h3-6,12-13H,2,7-11,18H2,1H3. The molecule has 0 aromatic heterocycles. The van der Waals surface area contributed by atoms with Crippen LogP contribution in [0.15, 0.2) is 24.3 Å². The maximum Gasteiger partial charge on any atom is 0.146 e. The van der Waals surface area contributed by atoms with Gasteiger partial charge in [0.25, 0.3) is 0 Å². The molecule has 0 radical (unpaired) electrons. The van der Waals surface area contributed by atoms with E-state index in [1.54, 1.807) is 12.1 Å². The van der Waals surface area contributed by atoms with Gasteiger partial charge in [0.05, 0.1) is 11.2 Å². The fourth-order valence-electron chi connectivity index (χ4n) is 4.50. The van der Waals surface area contributed by atoms with Gasteiger partial charge in [-0.2, -0.15) is 0 Å². The van der Waals surface area contributed by atoms with Crippen LogP contribution >= 0.6 is 0 Å². The lowest BCUT2D eigenvalue weighted by molar-refractivity contribution is 0.258. The van der Waals surface area contributed by atoms with Gasteiger partial charge in [-0.1, -0.05) is 12.1 Å². The van der Waals surface area contributed by atoms with Crippen molar-refractivity contribution < 1.29 is 4.39 Å². The van der Waals surface area contributed by atoms with Gasteiger partial charge in [0.2, 0.25) is 0 Å². The van der Waals surface area contributed by atoms with Crippen LogP contribution in [-0.2, 0) is 0 Å². The molecule has 104 valence electrons. The lowest BCUT2D eigenvalue weighted by Crippen LogP contribution is -2.57. The van der Waals surface area contributed by atoms with E-state index in [2.05, 4.69) is 11.8 Å². The van der Waals surface area contributed by atoms with Crippen LogP contribution in [-0.4, -0.2) is 18.6 Å². The van der Waals surface area contributed by atoms with Crippen molar-refractivity contribution in [2.45, 2.75) is 38.1 Å². The molecule has 0 spiro atoms. The van der Waals surface area contributed by atoms with E-state index in [4.69, 9.17) is 5.73 Å². The third kappa shape index (κ3) is 1.86. The van der Waals surface area contributed by atoms with E-state index >= 15 is 0 Å². The molecule has 3 rings (SSSR count). The number of nitrogens with zero attached hydrogens (tertiary/aromatic N) is 1. The first-order chi connectivity index (χ1) is 9.21. The molecule has 1 aromatic rings. The molecule has 0 aliphatic heterocycles. The van der Waals surface area contributed by atoms with Crippen molar-refractivity contribution >= 4 is 5.69 Å². The van der Waals surface area contributed by atoms with Crippen molar-refractivity contribution in [3.63, 3.8) is 0 Å². The highest BCUT2D eigenvalue weighted by Gasteiger charge is 2.53. The van der Waals surface area contributed by atoms with E-state index in [9.17, 15) is 4.39 Å². The molecule has 2 nitrogen and oxygen atoms in total. The van der Waals surface area contributed by atoms with Crippen LogP contribution in [0.1, 0.15) is 32.6 Å². The van der Waals surface area contributed by atoms with E-state index in [-0.39, 0.29) is 11.4 Å². The normalized spacial score (nSPS) is 32.8. The summed E-state index contributed by atoms with van der Waals surface area (Å²) < 4.78 is 14.1. The predicted molar refractivity (Wildman–Crippen MR) is 76.7 cm³/mol. The molecule has 3 unspecified atom stereocenters. The van der Waals surface area contributed by atoms with Gasteiger partial charge in [0.15, 0.2) is 0 Å². The average Bonchev–Trinajstić information content (AvgIpc) is 3.03. The van der Waals surface area contributed by atoms with Crippen LogP contribution in [0.25, 0.3) is 0 Å². The number of nitrogens with two attached hydrogens (primary N) is 1. The molecular weight excluding hydrogens is 239 g/mol. The molecule has 2 bridgehead atoms. The third-order valence-corrected chi connectivity index (χ3v) is 5.29. The Kier molecular flexibility index (Phi) is 3.25. The number of benzene rings is 1. The molecule has 2 N–H and O–H groups in total. The fraction of sp³-hybridized carbons (Fsp3) is 0.625. The minimum atomic E-state index is -0.125. The number of hydrogen-bond acceptors (Lipinski definition) is 2. The molecule has 19 heavy (non-hydrogen) atoms. The van der Waals surface area contributed by atoms with Crippen LogP contribution in [0.2, 0.25) is 0 Å². The molecule has 3 atom stereocenters. The topological polar surface area (TPSA) is 29.3 Å². The molecular formula is C16H23FN2. The Labute approximate surface area is 114 Å². The number of hydrogen-bond donors (Lipinski definition) is 1. The highest BCUT2D eigenvalue weighted by molar-refractivity contribution is 5.51. The predicted octanol–water partition coefficient (Wildman–Crippen LogP) is 3.17. The monoisotopic (exact) mass is 262 g/mol. The Morgan fingerprint density at radius 3 is 2.68 bits per heavy atom.